The largest absolute Gasteiger partial charge is 0.383 e. The molecule has 0 unspecified atom stereocenters. The summed E-state index contributed by atoms with van der Waals surface area (Å²) in [5.41, 5.74) is 1.000. The number of ether oxygens (including phenoxy) is 2. The summed E-state index contributed by atoms with van der Waals surface area (Å²) in [6.07, 6.45) is 1.86. The summed E-state index contributed by atoms with van der Waals surface area (Å²) < 4.78 is 16.8. The van der Waals surface area contributed by atoms with Crippen LogP contribution in [0.2, 0.25) is 0 Å². The summed E-state index contributed by atoms with van der Waals surface area (Å²) in [5, 5.41) is 0. The molecule has 3 heterocycles. The van der Waals surface area contributed by atoms with Gasteiger partial charge in [0.2, 0.25) is 5.78 Å². The number of methoxy groups -OCH3 is 1. The number of fused-ring (bicyclic) bond motifs is 3. The molecular formula is C16H23N5O4. The summed E-state index contributed by atoms with van der Waals surface area (Å²) in [7, 11) is 3.26. The Balaban J connectivity index is 2.25. The molecule has 3 rings (SSSR count). The molecule has 0 aliphatic rings. The van der Waals surface area contributed by atoms with Crippen LogP contribution in [0.25, 0.3) is 16.9 Å². The molecule has 0 saturated carbocycles. The summed E-state index contributed by atoms with van der Waals surface area (Å²) in [6, 6.07) is 0. The molecule has 0 amide bonds. The second kappa shape index (κ2) is 6.85. The summed E-state index contributed by atoms with van der Waals surface area (Å²) >= 11 is 0. The van der Waals surface area contributed by atoms with Crippen LogP contribution < -0.4 is 11.2 Å². The minimum atomic E-state index is -0.391. The molecule has 9 heteroatoms. The van der Waals surface area contributed by atoms with Crippen molar-refractivity contribution in [2.75, 3.05) is 26.9 Å². The standard InChI is InChI=1S/C16H23N5O4/c1-5-25-9-7-20-14(22)12-13(18(3)16(20)23)17-15-19(6-8-24-4)11(2)10-21(12)15/h10H,5-9H2,1-4H3. The lowest BCUT2D eigenvalue weighted by molar-refractivity contribution is 0.137. The van der Waals surface area contributed by atoms with Crippen LogP contribution >= 0.6 is 0 Å². The Morgan fingerprint density at radius 3 is 2.56 bits per heavy atom. The molecule has 0 atom stereocenters. The molecule has 0 spiro atoms. The zero-order chi connectivity index (χ0) is 18.1. The van der Waals surface area contributed by atoms with E-state index in [2.05, 4.69) is 4.98 Å². The molecule has 0 N–H and O–H groups in total. The van der Waals surface area contributed by atoms with Crippen LogP contribution in [0.4, 0.5) is 0 Å². The maximum Gasteiger partial charge on any atom is 0.332 e. The quantitative estimate of drug-likeness (QED) is 0.567. The van der Waals surface area contributed by atoms with E-state index in [1.54, 1.807) is 18.6 Å². The van der Waals surface area contributed by atoms with Gasteiger partial charge in [0.05, 0.1) is 19.8 Å². The van der Waals surface area contributed by atoms with Crippen molar-refractivity contribution in [1.82, 2.24) is 23.1 Å². The number of nitrogens with zero attached hydrogens (tertiary/aromatic N) is 5. The number of hydrogen-bond acceptors (Lipinski definition) is 5. The molecule has 0 saturated heterocycles. The van der Waals surface area contributed by atoms with Gasteiger partial charge in [-0.05, 0) is 13.8 Å². The van der Waals surface area contributed by atoms with Crippen molar-refractivity contribution in [3.05, 3.63) is 32.7 Å². The van der Waals surface area contributed by atoms with Gasteiger partial charge in [-0.15, -0.1) is 0 Å². The molecule has 0 aromatic carbocycles. The normalized spacial score (nSPS) is 11.8. The van der Waals surface area contributed by atoms with Gasteiger partial charge < -0.3 is 14.0 Å². The highest BCUT2D eigenvalue weighted by Crippen LogP contribution is 2.16. The van der Waals surface area contributed by atoms with E-state index < -0.39 is 5.69 Å². The Kier molecular flexibility index (Phi) is 4.78. The highest BCUT2D eigenvalue weighted by atomic mass is 16.5. The van der Waals surface area contributed by atoms with E-state index >= 15 is 0 Å². The van der Waals surface area contributed by atoms with Crippen LogP contribution in [0.3, 0.4) is 0 Å². The average Bonchev–Trinajstić information content (AvgIpc) is 3.09. The third-order valence-electron chi connectivity index (χ3n) is 4.32. The summed E-state index contributed by atoms with van der Waals surface area (Å²) in [4.78, 5) is 30.0. The van der Waals surface area contributed by atoms with Gasteiger partial charge in [0.1, 0.15) is 0 Å². The van der Waals surface area contributed by atoms with Crippen molar-refractivity contribution in [2.45, 2.75) is 26.9 Å². The second-order valence-electron chi connectivity index (χ2n) is 5.86. The number of imidazole rings is 2. The van der Waals surface area contributed by atoms with Gasteiger partial charge in [0.25, 0.3) is 5.56 Å². The lowest BCUT2D eigenvalue weighted by atomic mass is 10.4. The van der Waals surface area contributed by atoms with Gasteiger partial charge in [-0.3, -0.25) is 18.3 Å². The number of aromatic nitrogens is 5. The van der Waals surface area contributed by atoms with Crippen molar-refractivity contribution >= 4 is 16.9 Å². The second-order valence-corrected chi connectivity index (χ2v) is 5.86. The van der Waals surface area contributed by atoms with Gasteiger partial charge in [-0.1, -0.05) is 0 Å². The van der Waals surface area contributed by atoms with E-state index in [9.17, 15) is 9.59 Å². The Hall–Kier alpha value is -2.39. The van der Waals surface area contributed by atoms with Crippen LogP contribution in [0, 0.1) is 6.92 Å². The molecule has 0 fully saturated rings. The van der Waals surface area contributed by atoms with E-state index in [0.717, 1.165) is 5.69 Å². The molecule has 0 aliphatic heterocycles. The zero-order valence-electron chi connectivity index (χ0n) is 15.0. The monoisotopic (exact) mass is 349 g/mol. The van der Waals surface area contributed by atoms with Crippen LogP contribution in [-0.4, -0.2) is 50.0 Å². The molecule has 3 aromatic rings. The smallest absolute Gasteiger partial charge is 0.332 e. The Labute approximate surface area is 144 Å². The predicted molar refractivity (Wildman–Crippen MR) is 93.3 cm³/mol. The van der Waals surface area contributed by atoms with Gasteiger partial charge >= 0.3 is 5.69 Å². The average molecular weight is 349 g/mol. The molecule has 136 valence electrons. The van der Waals surface area contributed by atoms with Crippen molar-refractivity contribution in [2.24, 2.45) is 7.05 Å². The Morgan fingerprint density at radius 1 is 1.16 bits per heavy atom. The predicted octanol–water partition coefficient (Wildman–Crippen LogP) is 0.141. The number of hydrogen-bond donors (Lipinski definition) is 0. The van der Waals surface area contributed by atoms with Gasteiger partial charge in [-0.2, -0.15) is 4.98 Å². The fraction of sp³-hybridized carbons (Fsp3) is 0.562. The highest BCUT2D eigenvalue weighted by molar-refractivity contribution is 5.75. The molecule has 25 heavy (non-hydrogen) atoms. The van der Waals surface area contributed by atoms with Crippen molar-refractivity contribution in [3.8, 4) is 0 Å². The molecule has 0 aliphatic carbocycles. The first-order valence-corrected chi connectivity index (χ1v) is 8.25. The van der Waals surface area contributed by atoms with Crippen LogP contribution in [-0.2, 0) is 29.6 Å². The lowest BCUT2D eigenvalue weighted by Crippen LogP contribution is -2.40. The Bertz CT molecular complexity index is 1020. The van der Waals surface area contributed by atoms with Crippen molar-refractivity contribution in [3.63, 3.8) is 0 Å². The maximum atomic E-state index is 12.9. The van der Waals surface area contributed by atoms with E-state index in [1.165, 1.54) is 9.13 Å². The van der Waals surface area contributed by atoms with Crippen LogP contribution in [0.15, 0.2) is 15.8 Å². The van der Waals surface area contributed by atoms with Gasteiger partial charge in [0, 0.05) is 39.2 Å². The van der Waals surface area contributed by atoms with Crippen molar-refractivity contribution < 1.29 is 9.47 Å². The van der Waals surface area contributed by atoms with E-state index in [1.807, 2.05) is 24.6 Å². The van der Waals surface area contributed by atoms with E-state index in [4.69, 9.17) is 9.47 Å². The van der Waals surface area contributed by atoms with Gasteiger partial charge in [-0.25, -0.2) is 4.79 Å². The SMILES string of the molecule is CCOCCn1c(=O)c2c(nc3n(CCOC)c(C)cn23)n(C)c1=O. The summed E-state index contributed by atoms with van der Waals surface area (Å²) in [5.74, 6) is 0.624. The molecule has 0 bridgehead atoms. The fourth-order valence-corrected chi connectivity index (χ4v) is 3.01. The highest BCUT2D eigenvalue weighted by Gasteiger charge is 2.19. The lowest BCUT2D eigenvalue weighted by Gasteiger charge is -2.08. The minimum absolute atomic E-state index is 0.214. The first-order valence-electron chi connectivity index (χ1n) is 8.25. The Morgan fingerprint density at radius 2 is 1.88 bits per heavy atom. The maximum absolute atomic E-state index is 12.9. The molecule has 3 aromatic heterocycles. The number of aryl methyl sites for hydroxylation is 2. The van der Waals surface area contributed by atoms with E-state index in [0.29, 0.717) is 43.3 Å². The topological polar surface area (TPSA) is 84.7 Å². The first-order chi connectivity index (χ1) is 12.0. The minimum Gasteiger partial charge on any atom is -0.383 e. The van der Waals surface area contributed by atoms with Crippen molar-refractivity contribution in [1.29, 1.82) is 0 Å². The van der Waals surface area contributed by atoms with Crippen LogP contribution in [0.1, 0.15) is 12.6 Å². The third kappa shape index (κ3) is 2.79. The summed E-state index contributed by atoms with van der Waals surface area (Å²) in [6.45, 7) is 6.04. The van der Waals surface area contributed by atoms with Gasteiger partial charge in [0.15, 0.2) is 11.2 Å². The van der Waals surface area contributed by atoms with Crippen LogP contribution in [0.5, 0.6) is 0 Å². The molecule has 0 radical (unpaired) electrons. The molecular weight excluding hydrogens is 326 g/mol. The third-order valence-corrected chi connectivity index (χ3v) is 4.32. The first kappa shape index (κ1) is 17.4. The molecule has 9 nitrogen and oxygen atoms in total. The fourth-order valence-electron chi connectivity index (χ4n) is 3.01. The van der Waals surface area contributed by atoms with E-state index in [-0.39, 0.29) is 12.1 Å². The number of rotatable bonds is 7. The zero-order valence-corrected chi connectivity index (χ0v) is 15.0.